The summed E-state index contributed by atoms with van der Waals surface area (Å²) in [6.45, 7) is 0. The third-order valence-electron chi connectivity index (χ3n) is 2.84. The van der Waals surface area contributed by atoms with Gasteiger partial charge in [0, 0.05) is 12.0 Å². The third kappa shape index (κ3) is 2.91. The second-order valence-corrected chi connectivity index (χ2v) is 5.21. The van der Waals surface area contributed by atoms with Crippen LogP contribution in [0.3, 0.4) is 0 Å². The van der Waals surface area contributed by atoms with E-state index >= 15 is 0 Å². The molecule has 0 unspecified atom stereocenters. The Balaban J connectivity index is 1.83. The van der Waals surface area contributed by atoms with Gasteiger partial charge in [0.2, 0.25) is 5.88 Å². The topological polar surface area (TPSA) is 58.8 Å². The molecular formula is C14H10BrN3O. The summed E-state index contributed by atoms with van der Waals surface area (Å²) in [4.78, 5) is 8.75. The molecule has 0 amide bonds. The Morgan fingerprint density at radius 2 is 1.95 bits per heavy atom. The van der Waals surface area contributed by atoms with E-state index in [4.69, 9.17) is 10.00 Å². The summed E-state index contributed by atoms with van der Waals surface area (Å²) in [5.74, 6) is 2.48. The molecule has 0 bridgehead atoms. The second-order valence-electron chi connectivity index (χ2n) is 4.40. The molecule has 1 heterocycles. The average Bonchev–Trinajstić information content (AvgIpc) is 3.23. The average molecular weight is 316 g/mol. The Hall–Kier alpha value is -1.93. The number of benzene rings is 1. The van der Waals surface area contributed by atoms with Gasteiger partial charge in [0.1, 0.15) is 16.2 Å². The summed E-state index contributed by atoms with van der Waals surface area (Å²) in [5, 5.41) is 8.74. The van der Waals surface area contributed by atoms with Crippen LogP contribution in [0.15, 0.2) is 34.9 Å². The summed E-state index contributed by atoms with van der Waals surface area (Å²) in [5.41, 5.74) is 0.606. The molecule has 0 aliphatic heterocycles. The van der Waals surface area contributed by atoms with Crippen LogP contribution in [0.25, 0.3) is 0 Å². The number of hydrogen-bond acceptors (Lipinski definition) is 4. The number of ether oxygens (including phenoxy) is 1. The van der Waals surface area contributed by atoms with E-state index in [9.17, 15) is 0 Å². The third-order valence-corrected chi connectivity index (χ3v) is 3.24. The van der Waals surface area contributed by atoms with Crippen LogP contribution in [0.5, 0.6) is 11.6 Å². The minimum Gasteiger partial charge on any atom is -0.439 e. The van der Waals surface area contributed by atoms with Gasteiger partial charge in [-0.3, -0.25) is 0 Å². The summed E-state index contributed by atoms with van der Waals surface area (Å²) >= 11 is 3.37. The Bertz CT molecular complexity index is 645. The van der Waals surface area contributed by atoms with E-state index in [1.807, 2.05) is 0 Å². The number of nitriles is 1. The van der Waals surface area contributed by atoms with Gasteiger partial charge in [-0.2, -0.15) is 10.2 Å². The van der Waals surface area contributed by atoms with Gasteiger partial charge in [0.15, 0.2) is 0 Å². The Morgan fingerprint density at radius 1 is 1.21 bits per heavy atom. The normalized spacial score (nSPS) is 13.9. The van der Waals surface area contributed by atoms with Crippen molar-refractivity contribution in [2.24, 2.45) is 0 Å². The molecule has 5 heteroatoms. The largest absolute Gasteiger partial charge is 0.439 e. The van der Waals surface area contributed by atoms with Crippen LogP contribution in [0.4, 0.5) is 0 Å². The van der Waals surface area contributed by atoms with Gasteiger partial charge < -0.3 is 4.74 Å². The molecular weight excluding hydrogens is 306 g/mol. The first-order chi connectivity index (χ1) is 9.24. The van der Waals surface area contributed by atoms with E-state index < -0.39 is 0 Å². The van der Waals surface area contributed by atoms with Crippen LogP contribution in [-0.4, -0.2) is 9.97 Å². The molecule has 94 valence electrons. The second kappa shape index (κ2) is 4.98. The molecule has 1 saturated carbocycles. The summed E-state index contributed by atoms with van der Waals surface area (Å²) in [7, 11) is 0. The lowest BCUT2D eigenvalue weighted by molar-refractivity contribution is 0.457. The minimum atomic E-state index is 0.473. The van der Waals surface area contributed by atoms with Gasteiger partial charge in [-0.25, -0.2) is 4.98 Å². The van der Waals surface area contributed by atoms with Crippen molar-refractivity contribution >= 4 is 15.9 Å². The summed E-state index contributed by atoms with van der Waals surface area (Å²) in [6, 6.07) is 10.8. The lowest BCUT2D eigenvalue weighted by Gasteiger charge is -2.06. The molecule has 19 heavy (non-hydrogen) atoms. The molecule has 0 spiro atoms. The van der Waals surface area contributed by atoms with Crippen molar-refractivity contribution in [1.82, 2.24) is 9.97 Å². The van der Waals surface area contributed by atoms with Crippen molar-refractivity contribution in [3.05, 3.63) is 46.3 Å². The van der Waals surface area contributed by atoms with Gasteiger partial charge in [-0.15, -0.1) is 0 Å². The molecule has 1 aliphatic rings. The molecule has 0 atom stereocenters. The van der Waals surface area contributed by atoms with Gasteiger partial charge in [-0.05, 0) is 53.0 Å². The Morgan fingerprint density at radius 3 is 2.58 bits per heavy atom. The molecule has 0 saturated heterocycles. The number of aromatic nitrogens is 2. The minimum absolute atomic E-state index is 0.473. The lowest BCUT2D eigenvalue weighted by Crippen LogP contribution is -1.96. The molecule has 1 aliphatic carbocycles. The Labute approximate surface area is 119 Å². The quantitative estimate of drug-likeness (QED) is 0.809. The smallest absolute Gasteiger partial charge is 0.223 e. The fourth-order valence-corrected chi connectivity index (χ4v) is 2.09. The van der Waals surface area contributed by atoms with E-state index in [-0.39, 0.29) is 0 Å². The summed E-state index contributed by atoms with van der Waals surface area (Å²) < 4.78 is 6.42. The van der Waals surface area contributed by atoms with Crippen molar-refractivity contribution in [3.63, 3.8) is 0 Å². The number of halogens is 1. The van der Waals surface area contributed by atoms with Gasteiger partial charge >= 0.3 is 0 Å². The maximum absolute atomic E-state index is 8.74. The van der Waals surface area contributed by atoms with E-state index in [1.54, 1.807) is 30.3 Å². The highest BCUT2D eigenvalue weighted by molar-refractivity contribution is 9.10. The first kappa shape index (κ1) is 12.1. The van der Waals surface area contributed by atoms with E-state index in [0.717, 1.165) is 23.3 Å². The lowest BCUT2D eigenvalue weighted by atomic mass is 10.2. The fraction of sp³-hybridized carbons (Fsp3) is 0.214. The van der Waals surface area contributed by atoms with Crippen molar-refractivity contribution in [2.45, 2.75) is 18.8 Å². The predicted octanol–water partition coefficient (Wildman–Crippen LogP) is 3.78. The highest BCUT2D eigenvalue weighted by atomic mass is 79.9. The number of nitrogens with zero attached hydrogens (tertiary/aromatic N) is 3. The molecule has 1 fully saturated rings. The molecule has 2 aromatic rings. The van der Waals surface area contributed by atoms with Crippen molar-refractivity contribution < 1.29 is 4.74 Å². The van der Waals surface area contributed by atoms with E-state index in [1.165, 1.54) is 0 Å². The monoisotopic (exact) mass is 315 g/mol. The predicted molar refractivity (Wildman–Crippen MR) is 72.9 cm³/mol. The standard InChI is InChI=1S/C14H10BrN3O/c15-12-7-13(18-14(17-12)10-3-4-10)19-11-5-1-9(8-16)2-6-11/h1-2,5-7,10H,3-4H2. The first-order valence-electron chi connectivity index (χ1n) is 5.97. The number of hydrogen-bond donors (Lipinski definition) is 0. The van der Waals surface area contributed by atoms with Crippen LogP contribution in [0, 0.1) is 11.3 Å². The van der Waals surface area contributed by atoms with Crippen LogP contribution < -0.4 is 4.74 Å². The van der Waals surface area contributed by atoms with Crippen LogP contribution >= 0.6 is 15.9 Å². The zero-order valence-corrected chi connectivity index (χ0v) is 11.6. The zero-order valence-electron chi connectivity index (χ0n) is 10.0. The van der Waals surface area contributed by atoms with Crippen LogP contribution in [-0.2, 0) is 0 Å². The van der Waals surface area contributed by atoms with E-state index in [0.29, 0.717) is 23.1 Å². The van der Waals surface area contributed by atoms with Crippen molar-refractivity contribution in [1.29, 1.82) is 5.26 Å². The zero-order chi connectivity index (χ0) is 13.2. The molecule has 1 aromatic heterocycles. The maximum atomic E-state index is 8.74. The summed E-state index contributed by atoms with van der Waals surface area (Å²) in [6.07, 6.45) is 2.29. The maximum Gasteiger partial charge on any atom is 0.223 e. The van der Waals surface area contributed by atoms with Gasteiger partial charge in [0.25, 0.3) is 0 Å². The Kier molecular flexibility index (Phi) is 3.18. The number of rotatable bonds is 3. The molecule has 0 N–H and O–H groups in total. The molecule has 0 radical (unpaired) electrons. The van der Waals surface area contributed by atoms with Crippen LogP contribution in [0.2, 0.25) is 0 Å². The van der Waals surface area contributed by atoms with Gasteiger partial charge in [-0.1, -0.05) is 0 Å². The van der Waals surface area contributed by atoms with E-state index in [2.05, 4.69) is 32.0 Å². The van der Waals surface area contributed by atoms with Crippen molar-refractivity contribution in [3.8, 4) is 17.7 Å². The molecule has 3 rings (SSSR count). The SMILES string of the molecule is N#Cc1ccc(Oc2cc(Br)nc(C3CC3)n2)cc1. The molecule has 1 aromatic carbocycles. The van der Waals surface area contributed by atoms with Crippen molar-refractivity contribution in [2.75, 3.05) is 0 Å². The highest BCUT2D eigenvalue weighted by Gasteiger charge is 2.27. The first-order valence-corrected chi connectivity index (χ1v) is 6.76. The van der Waals surface area contributed by atoms with Crippen LogP contribution in [0.1, 0.15) is 30.1 Å². The highest BCUT2D eigenvalue weighted by Crippen LogP contribution is 2.39. The molecule has 4 nitrogen and oxygen atoms in total. The fourth-order valence-electron chi connectivity index (χ4n) is 1.71. The van der Waals surface area contributed by atoms with Gasteiger partial charge in [0.05, 0.1) is 11.6 Å².